The number of aromatic carboxylic acids is 1. The van der Waals surface area contributed by atoms with E-state index in [0.717, 1.165) is 11.3 Å². The average molecular weight is 264 g/mol. The maximum atomic E-state index is 11.7. The van der Waals surface area contributed by atoms with Gasteiger partial charge in [0.1, 0.15) is 10.6 Å². The Balaban J connectivity index is 2.16. The molecule has 1 amide bonds. The minimum atomic E-state index is -1.05. The van der Waals surface area contributed by atoms with Crippen LogP contribution in [0.15, 0.2) is 30.5 Å². The predicted molar refractivity (Wildman–Crippen MR) is 65.1 cm³/mol. The first-order valence-electron chi connectivity index (χ1n) is 4.86. The molecule has 18 heavy (non-hydrogen) atoms. The number of anilines is 1. The first-order valence-corrected chi connectivity index (χ1v) is 5.68. The van der Waals surface area contributed by atoms with Crippen LogP contribution in [0.3, 0.4) is 0 Å². The van der Waals surface area contributed by atoms with E-state index in [4.69, 9.17) is 5.11 Å². The van der Waals surface area contributed by atoms with E-state index in [1.807, 2.05) is 0 Å². The topological polar surface area (TPSA) is 99.5 Å². The summed E-state index contributed by atoms with van der Waals surface area (Å²) in [5.41, 5.74) is -0.109. The van der Waals surface area contributed by atoms with Crippen molar-refractivity contribution in [2.45, 2.75) is 0 Å². The molecule has 92 valence electrons. The molecule has 0 saturated heterocycles. The third-order valence-electron chi connectivity index (χ3n) is 2.06. The number of nitrogens with zero attached hydrogens (tertiary/aromatic N) is 1. The van der Waals surface area contributed by atoms with Crippen LogP contribution in [0.5, 0.6) is 5.75 Å². The molecule has 0 atom stereocenters. The summed E-state index contributed by atoms with van der Waals surface area (Å²) in [5.74, 6) is -1.88. The number of hydrogen-bond acceptors (Lipinski definition) is 5. The van der Waals surface area contributed by atoms with Gasteiger partial charge in [-0.05, 0) is 24.3 Å². The van der Waals surface area contributed by atoms with Crippen molar-refractivity contribution in [2.75, 3.05) is 5.32 Å². The lowest BCUT2D eigenvalue weighted by molar-refractivity contribution is 0.0702. The highest BCUT2D eigenvalue weighted by Gasteiger charge is 2.14. The molecule has 2 aromatic heterocycles. The molecule has 0 fully saturated rings. The van der Waals surface area contributed by atoms with Crippen LogP contribution in [0.1, 0.15) is 20.2 Å². The van der Waals surface area contributed by atoms with Gasteiger partial charge >= 0.3 is 5.97 Å². The molecule has 0 aliphatic carbocycles. The number of amides is 1. The number of aromatic nitrogens is 1. The Morgan fingerprint density at radius 3 is 2.67 bits per heavy atom. The van der Waals surface area contributed by atoms with Gasteiger partial charge in [-0.1, -0.05) is 0 Å². The quantitative estimate of drug-likeness (QED) is 0.785. The first kappa shape index (κ1) is 12.1. The number of carbonyl (C=O) groups is 2. The third-order valence-corrected chi connectivity index (χ3v) is 3.04. The summed E-state index contributed by atoms with van der Waals surface area (Å²) in [6, 6.07) is 5.71. The fourth-order valence-electron chi connectivity index (χ4n) is 1.26. The Labute approximate surface area is 106 Å². The highest BCUT2D eigenvalue weighted by Crippen LogP contribution is 2.23. The summed E-state index contributed by atoms with van der Waals surface area (Å²) < 4.78 is 0. The molecule has 0 aromatic carbocycles. The normalized spacial score (nSPS) is 10.0. The van der Waals surface area contributed by atoms with E-state index in [-0.39, 0.29) is 16.3 Å². The molecule has 0 bridgehead atoms. The molecule has 0 unspecified atom stereocenters. The summed E-state index contributed by atoms with van der Waals surface area (Å²) in [6.07, 6.45) is 1.38. The Kier molecular flexibility index (Phi) is 3.24. The van der Waals surface area contributed by atoms with E-state index < -0.39 is 11.9 Å². The van der Waals surface area contributed by atoms with Gasteiger partial charge in [0.25, 0.3) is 5.91 Å². The minimum Gasteiger partial charge on any atom is -0.505 e. The highest BCUT2D eigenvalue weighted by atomic mass is 32.1. The van der Waals surface area contributed by atoms with Crippen molar-refractivity contribution in [3.63, 3.8) is 0 Å². The lowest BCUT2D eigenvalue weighted by atomic mass is 10.3. The van der Waals surface area contributed by atoms with Gasteiger partial charge in [-0.2, -0.15) is 0 Å². The number of aromatic hydroxyl groups is 1. The summed E-state index contributed by atoms with van der Waals surface area (Å²) in [4.78, 5) is 26.3. The van der Waals surface area contributed by atoms with Crippen molar-refractivity contribution in [3.8, 4) is 5.75 Å². The fraction of sp³-hybridized carbons (Fsp3) is 0. The zero-order chi connectivity index (χ0) is 13.1. The number of rotatable bonds is 3. The summed E-state index contributed by atoms with van der Waals surface area (Å²) >= 11 is 0.929. The molecule has 0 spiro atoms. The molecule has 0 saturated carbocycles. The van der Waals surface area contributed by atoms with Gasteiger partial charge in [-0.25, -0.2) is 9.78 Å². The zero-order valence-corrected chi connectivity index (χ0v) is 9.77. The zero-order valence-electron chi connectivity index (χ0n) is 8.95. The van der Waals surface area contributed by atoms with Gasteiger partial charge in [0.2, 0.25) is 0 Å². The second kappa shape index (κ2) is 4.84. The van der Waals surface area contributed by atoms with Gasteiger partial charge in [-0.15, -0.1) is 11.3 Å². The summed E-state index contributed by atoms with van der Waals surface area (Å²) in [5, 5.41) is 21.0. The fourth-order valence-corrected chi connectivity index (χ4v) is 2.00. The number of carboxylic acid groups (broad SMARTS) is 1. The van der Waals surface area contributed by atoms with Gasteiger partial charge < -0.3 is 15.5 Å². The molecule has 2 rings (SSSR count). The van der Waals surface area contributed by atoms with E-state index in [1.165, 1.54) is 30.5 Å². The lowest BCUT2D eigenvalue weighted by Gasteiger charge is -2.02. The second-order valence-electron chi connectivity index (χ2n) is 3.29. The van der Waals surface area contributed by atoms with Crippen molar-refractivity contribution >= 4 is 28.2 Å². The molecule has 2 aromatic rings. The predicted octanol–water partition coefficient (Wildman–Crippen LogP) is 1.80. The molecule has 3 N–H and O–H groups in total. The van der Waals surface area contributed by atoms with Crippen molar-refractivity contribution in [2.24, 2.45) is 0 Å². The van der Waals surface area contributed by atoms with Crippen molar-refractivity contribution in [1.82, 2.24) is 4.98 Å². The molecule has 0 aliphatic heterocycles. The molecule has 7 heteroatoms. The molecular formula is C11H8N2O4S. The number of hydrogen-bond donors (Lipinski definition) is 3. The van der Waals surface area contributed by atoms with E-state index >= 15 is 0 Å². The van der Waals surface area contributed by atoms with Crippen molar-refractivity contribution < 1.29 is 19.8 Å². The van der Waals surface area contributed by atoms with Gasteiger partial charge in [0.05, 0.1) is 5.00 Å². The van der Waals surface area contributed by atoms with Crippen LogP contribution in [-0.2, 0) is 0 Å². The average Bonchev–Trinajstić information content (AvgIpc) is 2.78. The number of carboxylic acids is 1. The third kappa shape index (κ3) is 2.46. The van der Waals surface area contributed by atoms with E-state index in [1.54, 1.807) is 0 Å². The molecule has 0 aliphatic rings. The van der Waals surface area contributed by atoms with E-state index in [2.05, 4.69) is 10.3 Å². The van der Waals surface area contributed by atoms with Gasteiger partial charge in [-0.3, -0.25) is 4.79 Å². The standard InChI is InChI=1S/C11H8N2O4S/c14-6-2-1-5-12-9(6)10(15)13-8-4-3-7(18-8)11(16)17/h1-5,14H,(H,13,15)(H,16,17). The number of nitrogens with one attached hydrogen (secondary N) is 1. The Morgan fingerprint density at radius 2 is 2.06 bits per heavy atom. The highest BCUT2D eigenvalue weighted by molar-refractivity contribution is 7.18. The summed E-state index contributed by atoms with van der Waals surface area (Å²) in [7, 11) is 0. The molecular weight excluding hydrogens is 256 g/mol. The Hall–Kier alpha value is -2.41. The number of thiophene rings is 1. The molecule has 2 heterocycles. The Morgan fingerprint density at radius 1 is 1.28 bits per heavy atom. The number of pyridine rings is 1. The van der Waals surface area contributed by atoms with E-state index in [9.17, 15) is 14.7 Å². The lowest BCUT2D eigenvalue weighted by Crippen LogP contribution is -2.12. The van der Waals surface area contributed by atoms with Crippen LogP contribution in [0.25, 0.3) is 0 Å². The van der Waals surface area contributed by atoms with Gasteiger partial charge in [0.15, 0.2) is 5.69 Å². The SMILES string of the molecule is O=C(O)c1ccc(NC(=O)c2ncccc2O)s1. The van der Waals surface area contributed by atoms with Crippen LogP contribution < -0.4 is 5.32 Å². The van der Waals surface area contributed by atoms with Crippen LogP contribution in [0, 0.1) is 0 Å². The minimum absolute atomic E-state index is 0.109. The van der Waals surface area contributed by atoms with E-state index in [0.29, 0.717) is 5.00 Å². The monoisotopic (exact) mass is 264 g/mol. The summed E-state index contributed by atoms with van der Waals surface area (Å²) in [6.45, 7) is 0. The van der Waals surface area contributed by atoms with Gasteiger partial charge in [0, 0.05) is 6.20 Å². The second-order valence-corrected chi connectivity index (χ2v) is 4.38. The largest absolute Gasteiger partial charge is 0.505 e. The maximum absolute atomic E-state index is 11.7. The molecule has 6 nitrogen and oxygen atoms in total. The van der Waals surface area contributed by atoms with Crippen LogP contribution in [-0.4, -0.2) is 27.1 Å². The van der Waals surface area contributed by atoms with Crippen molar-refractivity contribution in [3.05, 3.63) is 41.0 Å². The molecule has 0 radical (unpaired) electrons. The first-order chi connectivity index (χ1) is 8.58. The van der Waals surface area contributed by atoms with Crippen LogP contribution in [0.2, 0.25) is 0 Å². The van der Waals surface area contributed by atoms with Crippen molar-refractivity contribution in [1.29, 1.82) is 0 Å². The maximum Gasteiger partial charge on any atom is 0.345 e. The Bertz CT molecular complexity index is 609. The number of carbonyl (C=O) groups excluding carboxylic acids is 1. The van der Waals surface area contributed by atoms with Crippen LogP contribution in [0.4, 0.5) is 5.00 Å². The van der Waals surface area contributed by atoms with Crippen LogP contribution >= 0.6 is 11.3 Å². The smallest absolute Gasteiger partial charge is 0.345 e.